The molecule has 1 aliphatic heterocycles. The van der Waals surface area contributed by atoms with E-state index in [1.165, 1.54) is 0 Å². The molecule has 1 fully saturated rings. The van der Waals surface area contributed by atoms with Crippen molar-refractivity contribution in [3.8, 4) is 5.88 Å². The zero-order valence-electron chi connectivity index (χ0n) is 13.6. The van der Waals surface area contributed by atoms with Crippen molar-refractivity contribution in [1.29, 1.82) is 0 Å². The number of pyridine rings is 1. The summed E-state index contributed by atoms with van der Waals surface area (Å²) in [6, 6.07) is 5.77. The molecule has 2 aromatic rings. The fraction of sp³-hybridized carbons (Fsp3) is 0.471. The van der Waals surface area contributed by atoms with Crippen molar-refractivity contribution in [2.75, 3.05) is 13.1 Å². The number of carbonyl (C=O) groups excluding carboxylic acids is 1. The Morgan fingerprint density at radius 2 is 2.13 bits per heavy atom. The third-order valence-corrected chi connectivity index (χ3v) is 4.08. The second-order valence-electron chi connectivity index (χ2n) is 5.81. The fourth-order valence-corrected chi connectivity index (χ4v) is 2.76. The average Bonchev–Trinajstić information content (AvgIpc) is 3.04. The van der Waals surface area contributed by atoms with Crippen LogP contribution in [0.3, 0.4) is 0 Å². The Morgan fingerprint density at radius 1 is 1.35 bits per heavy atom. The van der Waals surface area contributed by atoms with Gasteiger partial charge in [-0.15, -0.1) is 0 Å². The molecule has 0 radical (unpaired) electrons. The Labute approximate surface area is 136 Å². The lowest BCUT2D eigenvalue weighted by atomic mass is 10.1. The summed E-state index contributed by atoms with van der Waals surface area (Å²) in [4.78, 5) is 18.7. The Morgan fingerprint density at radius 3 is 2.78 bits per heavy atom. The van der Waals surface area contributed by atoms with Crippen molar-refractivity contribution >= 4 is 5.91 Å². The number of nitrogens with zero attached hydrogens (tertiary/aromatic N) is 4. The molecule has 3 heterocycles. The van der Waals surface area contributed by atoms with E-state index in [2.05, 4.69) is 10.1 Å². The quantitative estimate of drug-likeness (QED) is 0.869. The maximum atomic E-state index is 12.5. The summed E-state index contributed by atoms with van der Waals surface area (Å²) in [5.41, 5.74) is 1.61. The molecule has 0 unspecified atom stereocenters. The topological polar surface area (TPSA) is 60.2 Å². The van der Waals surface area contributed by atoms with Crippen LogP contribution in [0.4, 0.5) is 0 Å². The average molecular weight is 314 g/mol. The number of ether oxygens (including phenoxy) is 1. The van der Waals surface area contributed by atoms with Crippen molar-refractivity contribution < 1.29 is 9.53 Å². The smallest absolute Gasteiger partial charge is 0.257 e. The van der Waals surface area contributed by atoms with Crippen LogP contribution in [0.5, 0.6) is 5.88 Å². The van der Waals surface area contributed by atoms with Gasteiger partial charge in [-0.1, -0.05) is 6.07 Å². The van der Waals surface area contributed by atoms with Gasteiger partial charge in [0.05, 0.1) is 11.8 Å². The number of rotatable bonds is 4. The van der Waals surface area contributed by atoms with E-state index >= 15 is 0 Å². The maximum absolute atomic E-state index is 12.5. The number of hydrogen-bond acceptors (Lipinski definition) is 4. The van der Waals surface area contributed by atoms with Gasteiger partial charge in [0.1, 0.15) is 6.10 Å². The third-order valence-electron chi connectivity index (χ3n) is 4.08. The van der Waals surface area contributed by atoms with Crippen LogP contribution in [0.25, 0.3) is 0 Å². The second-order valence-corrected chi connectivity index (χ2v) is 5.81. The van der Waals surface area contributed by atoms with Crippen LogP contribution in [0.15, 0.2) is 30.6 Å². The first kappa shape index (κ1) is 15.5. The van der Waals surface area contributed by atoms with Crippen molar-refractivity contribution in [1.82, 2.24) is 19.7 Å². The second kappa shape index (κ2) is 6.81. The lowest BCUT2D eigenvalue weighted by Gasteiger charge is -2.31. The molecule has 0 saturated carbocycles. The van der Waals surface area contributed by atoms with Gasteiger partial charge in [0.25, 0.3) is 5.91 Å². The molecule has 6 nitrogen and oxygen atoms in total. The van der Waals surface area contributed by atoms with Crippen molar-refractivity contribution in [3.63, 3.8) is 0 Å². The third kappa shape index (κ3) is 3.70. The van der Waals surface area contributed by atoms with Gasteiger partial charge < -0.3 is 9.64 Å². The van der Waals surface area contributed by atoms with Crippen LogP contribution < -0.4 is 4.74 Å². The number of likely N-dealkylation sites (tertiary alicyclic amines) is 1. The molecule has 1 saturated heterocycles. The molecule has 122 valence electrons. The number of hydrogen-bond donors (Lipinski definition) is 0. The summed E-state index contributed by atoms with van der Waals surface area (Å²) in [5, 5.41) is 4.17. The van der Waals surface area contributed by atoms with E-state index in [4.69, 9.17) is 4.74 Å². The van der Waals surface area contributed by atoms with E-state index in [0.29, 0.717) is 24.5 Å². The van der Waals surface area contributed by atoms with Crippen LogP contribution in [-0.4, -0.2) is 44.8 Å². The van der Waals surface area contributed by atoms with E-state index in [-0.39, 0.29) is 12.0 Å². The summed E-state index contributed by atoms with van der Waals surface area (Å²) in [5.74, 6) is 0.718. The Kier molecular flexibility index (Phi) is 4.60. The maximum Gasteiger partial charge on any atom is 0.257 e. The number of amides is 1. The van der Waals surface area contributed by atoms with Gasteiger partial charge in [0.2, 0.25) is 5.88 Å². The zero-order valence-corrected chi connectivity index (χ0v) is 13.6. The number of aryl methyl sites for hydroxylation is 2. The molecule has 2 aromatic heterocycles. The molecule has 23 heavy (non-hydrogen) atoms. The molecule has 0 bridgehead atoms. The van der Waals surface area contributed by atoms with E-state index in [0.717, 1.165) is 25.1 Å². The van der Waals surface area contributed by atoms with E-state index in [9.17, 15) is 4.79 Å². The van der Waals surface area contributed by atoms with Crippen LogP contribution >= 0.6 is 0 Å². The summed E-state index contributed by atoms with van der Waals surface area (Å²) < 4.78 is 7.70. The highest BCUT2D eigenvalue weighted by Crippen LogP contribution is 2.19. The molecule has 0 aromatic carbocycles. The minimum atomic E-state index is 0.0526. The number of carbonyl (C=O) groups is 1. The Balaban J connectivity index is 1.54. The first-order chi connectivity index (χ1) is 11.2. The molecule has 3 rings (SSSR count). The Bertz CT molecular complexity index is 675. The van der Waals surface area contributed by atoms with E-state index in [1.54, 1.807) is 10.9 Å². The van der Waals surface area contributed by atoms with Crippen molar-refractivity contribution in [2.45, 2.75) is 39.3 Å². The van der Waals surface area contributed by atoms with Gasteiger partial charge in [-0.25, -0.2) is 4.98 Å². The Hall–Kier alpha value is -2.37. The van der Waals surface area contributed by atoms with Crippen LogP contribution in [0, 0.1) is 6.92 Å². The lowest BCUT2D eigenvalue weighted by Crippen LogP contribution is -2.41. The predicted octanol–water partition coefficient (Wildman–Crippen LogP) is 2.29. The number of aromatic nitrogens is 3. The first-order valence-electron chi connectivity index (χ1n) is 8.07. The highest BCUT2D eigenvalue weighted by Gasteiger charge is 2.25. The van der Waals surface area contributed by atoms with Gasteiger partial charge in [0.15, 0.2) is 0 Å². The molecule has 0 N–H and O–H groups in total. The molecular formula is C17H22N4O2. The minimum Gasteiger partial charge on any atom is -0.474 e. The summed E-state index contributed by atoms with van der Waals surface area (Å²) in [6.45, 7) is 6.12. The van der Waals surface area contributed by atoms with E-state index in [1.807, 2.05) is 43.1 Å². The molecule has 0 aliphatic carbocycles. The lowest BCUT2D eigenvalue weighted by molar-refractivity contribution is 0.0587. The summed E-state index contributed by atoms with van der Waals surface area (Å²) in [6.07, 6.45) is 5.21. The molecule has 0 spiro atoms. The van der Waals surface area contributed by atoms with Crippen molar-refractivity contribution in [3.05, 3.63) is 41.9 Å². The standard InChI is InChI=1S/C17H22N4O2/c1-3-21-12-14(11-18-21)17(22)20-9-7-15(8-10-20)23-16-6-4-5-13(2)19-16/h4-6,11-12,15H,3,7-10H2,1-2H3. The van der Waals surface area contributed by atoms with Crippen LogP contribution in [0.2, 0.25) is 0 Å². The highest BCUT2D eigenvalue weighted by molar-refractivity contribution is 5.93. The molecule has 6 heteroatoms. The predicted molar refractivity (Wildman–Crippen MR) is 86.4 cm³/mol. The molecule has 1 amide bonds. The largest absolute Gasteiger partial charge is 0.474 e. The monoisotopic (exact) mass is 314 g/mol. The van der Waals surface area contributed by atoms with Gasteiger partial charge in [0, 0.05) is 50.4 Å². The fourth-order valence-electron chi connectivity index (χ4n) is 2.76. The number of piperidine rings is 1. The minimum absolute atomic E-state index is 0.0526. The molecule has 1 aliphatic rings. The summed E-state index contributed by atoms with van der Waals surface area (Å²) in [7, 11) is 0. The van der Waals surface area contributed by atoms with Crippen LogP contribution in [0.1, 0.15) is 35.8 Å². The summed E-state index contributed by atoms with van der Waals surface area (Å²) >= 11 is 0. The van der Waals surface area contributed by atoms with Crippen LogP contribution in [-0.2, 0) is 6.54 Å². The normalized spacial score (nSPS) is 15.7. The first-order valence-corrected chi connectivity index (χ1v) is 8.07. The zero-order chi connectivity index (χ0) is 16.2. The SMILES string of the molecule is CCn1cc(C(=O)N2CCC(Oc3cccc(C)n3)CC2)cn1. The van der Waals surface area contributed by atoms with Gasteiger partial charge in [-0.05, 0) is 19.9 Å². The van der Waals surface area contributed by atoms with Crippen molar-refractivity contribution in [2.24, 2.45) is 0 Å². The molecular weight excluding hydrogens is 292 g/mol. The highest BCUT2D eigenvalue weighted by atomic mass is 16.5. The van der Waals surface area contributed by atoms with Gasteiger partial charge in [-0.2, -0.15) is 5.10 Å². The molecule has 0 atom stereocenters. The van der Waals surface area contributed by atoms with Gasteiger partial charge in [-0.3, -0.25) is 9.48 Å². The van der Waals surface area contributed by atoms with E-state index < -0.39 is 0 Å². The van der Waals surface area contributed by atoms with Gasteiger partial charge >= 0.3 is 0 Å².